The molecule has 116 valence electrons. The van der Waals surface area contributed by atoms with Crippen molar-refractivity contribution in [1.82, 2.24) is 19.6 Å². The minimum absolute atomic E-state index is 0.466. The van der Waals surface area contributed by atoms with Gasteiger partial charge in [-0.3, -0.25) is 9.38 Å². The van der Waals surface area contributed by atoms with E-state index in [1.165, 1.54) is 12.1 Å². The highest BCUT2D eigenvalue weighted by Gasteiger charge is 2.51. The smallest absolute Gasteiger partial charge is 0.182 e. The van der Waals surface area contributed by atoms with Gasteiger partial charge in [0.15, 0.2) is 5.65 Å². The molecule has 6 heteroatoms. The van der Waals surface area contributed by atoms with Gasteiger partial charge in [0, 0.05) is 29.9 Å². The third kappa shape index (κ3) is 1.84. The number of aromatic nitrogens is 4. The van der Waals surface area contributed by atoms with Gasteiger partial charge in [-0.25, -0.2) is 8.78 Å². The molecule has 0 bridgehead atoms. The lowest BCUT2D eigenvalue weighted by Crippen LogP contribution is -2.15. The van der Waals surface area contributed by atoms with Crippen molar-refractivity contribution in [2.24, 2.45) is 0 Å². The molecule has 23 heavy (non-hydrogen) atoms. The van der Waals surface area contributed by atoms with Gasteiger partial charge in [0.05, 0.1) is 11.1 Å². The van der Waals surface area contributed by atoms with E-state index < -0.39 is 17.0 Å². The maximum atomic E-state index is 14.3. The molecule has 0 atom stereocenters. The van der Waals surface area contributed by atoms with Crippen LogP contribution in [0.2, 0.25) is 0 Å². The first-order valence-electron chi connectivity index (χ1n) is 7.85. The Bertz CT molecular complexity index is 925. The van der Waals surface area contributed by atoms with Crippen LogP contribution in [0.5, 0.6) is 0 Å². The SMILES string of the molecule is Fc1ccc(C2(c3nnc4c(C5CC5)nccn34)CC2)c(F)c1. The topological polar surface area (TPSA) is 43.1 Å². The predicted octanol–water partition coefficient (Wildman–Crippen LogP) is 3.36. The number of benzene rings is 1. The predicted molar refractivity (Wildman–Crippen MR) is 79.1 cm³/mol. The van der Waals surface area contributed by atoms with E-state index in [9.17, 15) is 8.78 Å². The molecule has 2 aromatic heterocycles. The molecular formula is C17H14F2N4. The maximum absolute atomic E-state index is 14.3. The molecule has 2 aliphatic rings. The van der Waals surface area contributed by atoms with Crippen LogP contribution >= 0.6 is 0 Å². The van der Waals surface area contributed by atoms with Crippen molar-refractivity contribution in [3.05, 3.63) is 59.3 Å². The van der Waals surface area contributed by atoms with Gasteiger partial charge in [0.25, 0.3) is 0 Å². The third-order valence-electron chi connectivity index (χ3n) is 4.94. The van der Waals surface area contributed by atoms with Crippen LogP contribution in [0.1, 0.15) is 48.7 Å². The van der Waals surface area contributed by atoms with Crippen molar-refractivity contribution < 1.29 is 8.78 Å². The first-order chi connectivity index (χ1) is 11.2. The monoisotopic (exact) mass is 312 g/mol. The van der Waals surface area contributed by atoms with E-state index in [1.807, 2.05) is 10.6 Å². The molecule has 2 fully saturated rings. The van der Waals surface area contributed by atoms with E-state index in [-0.39, 0.29) is 0 Å². The van der Waals surface area contributed by atoms with Gasteiger partial charge < -0.3 is 0 Å². The van der Waals surface area contributed by atoms with Crippen molar-refractivity contribution in [3.63, 3.8) is 0 Å². The largest absolute Gasteiger partial charge is 0.283 e. The zero-order chi connectivity index (χ0) is 15.6. The lowest BCUT2D eigenvalue weighted by atomic mass is 9.94. The van der Waals surface area contributed by atoms with Gasteiger partial charge in [-0.15, -0.1) is 10.2 Å². The fourth-order valence-corrected chi connectivity index (χ4v) is 3.43. The summed E-state index contributed by atoms with van der Waals surface area (Å²) in [6.07, 6.45) is 7.43. The van der Waals surface area contributed by atoms with Crippen LogP contribution in [0.15, 0.2) is 30.6 Å². The second-order valence-corrected chi connectivity index (χ2v) is 6.51. The van der Waals surface area contributed by atoms with Crippen LogP contribution in [-0.2, 0) is 5.41 Å². The van der Waals surface area contributed by atoms with Gasteiger partial charge in [-0.2, -0.15) is 0 Å². The maximum Gasteiger partial charge on any atom is 0.182 e. The molecule has 2 saturated carbocycles. The van der Waals surface area contributed by atoms with Gasteiger partial charge >= 0.3 is 0 Å². The van der Waals surface area contributed by atoms with Gasteiger partial charge in [-0.05, 0) is 31.7 Å². The fourth-order valence-electron chi connectivity index (χ4n) is 3.43. The number of fused-ring (bicyclic) bond motifs is 1. The van der Waals surface area contributed by atoms with Gasteiger partial charge in [0.2, 0.25) is 0 Å². The Morgan fingerprint density at radius 2 is 1.96 bits per heavy atom. The summed E-state index contributed by atoms with van der Waals surface area (Å²) in [5.41, 5.74) is 1.73. The number of rotatable bonds is 3. The number of hydrogen-bond acceptors (Lipinski definition) is 3. The second kappa shape index (κ2) is 4.34. The van der Waals surface area contributed by atoms with Crippen LogP contribution in [0.3, 0.4) is 0 Å². The number of nitrogens with zero attached hydrogens (tertiary/aromatic N) is 4. The van der Waals surface area contributed by atoms with Crippen LogP contribution in [0, 0.1) is 11.6 Å². The first-order valence-corrected chi connectivity index (χ1v) is 7.85. The van der Waals surface area contributed by atoms with Gasteiger partial charge in [0.1, 0.15) is 17.5 Å². The molecule has 0 amide bonds. The van der Waals surface area contributed by atoms with E-state index in [0.717, 1.165) is 48.9 Å². The molecule has 4 nitrogen and oxygen atoms in total. The van der Waals surface area contributed by atoms with Crippen molar-refractivity contribution in [2.75, 3.05) is 0 Å². The fraction of sp³-hybridized carbons (Fsp3) is 0.353. The highest BCUT2D eigenvalue weighted by atomic mass is 19.1. The summed E-state index contributed by atoms with van der Waals surface area (Å²) in [6, 6.07) is 3.77. The summed E-state index contributed by atoms with van der Waals surface area (Å²) < 4.78 is 29.4. The number of halogens is 2. The first kappa shape index (κ1) is 13.1. The van der Waals surface area contributed by atoms with Crippen LogP contribution < -0.4 is 0 Å². The lowest BCUT2D eigenvalue weighted by Gasteiger charge is -2.15. The Morgan fingerprint density at radius 1 is 1.13 bits per heavy atom. The Balaban J connectivity index is 1.69. The third-order valence-corrected chi connectivity index (χ3v) is 4.94. The average Bonchev–Trinajstić information content (AvgIpc) is 3.45. The Labute approximate surface area is 131 Å². The summed E-state index contributed by atoms with van der Waals surface area (Å²) in [4.78, 5) is 4.44. The summed E-state index contributed by atoms with van der Waals surface area (Å²) in [5.74, 6) is 0.111. The van der Waals surface area contributed by atoms with Gasteiger partial charge in [-0.1, -0.05) is 6.07 Å². The zero-order valence-electron chi connectivity index (χ0n) is 12.3. The molecule has 0 radical (unpaired) electrons. The number of hydrogen-bond donors (Lipinski definition) is 0. The van der Waals surface area contributed by atoms with E-state index >= 15 is 0 Å². The Hall–Kier alpha value is -2.37. The minimum Gasteiger partial charge on any atom is -0.283 e. The standard InChI is InChI=1S/C17H14F2N4/c18-11-3-4-12(13(19)9-11)17(5-6-17)16-22-21-15-14(10-1-2-10)20-7-8-23(15)16/h3-4,7-10H,1-2,5-6H2. The van der Waals surface area contributed by atoms with E-state index in [4.69, 9.17) is 0 Å². The summed E-state index contributed by atoms with van der Waals surface area (Å²) >= 11 is 0. The van der Waals surface area contributed by atoms with Crippen molar-refractivity contribution in [1.29, 1.82) is 0 Å². The van der Waals surface area contributed by atoms with Crippen molar-refractivity contribution >= 4 is 5.65 Å². The average molecular weight is 312 g/mol. The Kier molecular flexibility index (Phi) is 2.47. The molecule has 2 aliphatic carbocycles. The molecule has 0 unspecified atom stereocenters. The van der Waals surface area contributed by atoms with E-state index in [1.54, 1.807) is 6.20 Å². The highest BCUT2D eigenvalue weighted by Crippen LogP contribution is 2.53. The molecule has 1 aromatic carbocycles. The highest BCUT2D eigenvalue weighted by molar-refractivity contribution is 5.50. The molecule has 0 aliphatic heterocycles. The summed E-state index contributed by atoms with van der Waals surface area (Å²) in [6.45, 7) is 0. The second-order valence-electron chi connectivity index (χ2n) is 6.51. The summed E-state index contributed by atoms with van der Waals surface area (Å²) in [7, 11) is 0. The molecule has 0 spiro atoms. The minimum atomic E-state index is -0.562. The molecular weight excluding hydrogens is 298 g/mol. The molecule has 5 rings (SSSR count). The lowest BCUT2D eigenvalue weighted by molar-refractivity contribution is 0.556. The Morgan fingerprint density at radius 3 is 2.65 bits per heavy atom. The molecule has 0 saturated heterocycles. The van der Waals surface area contributed by atoms with E-state index in [2.05, 4.69) is 15.2 Å². The van der Waals surface area contributed by atoms with Crippen molar-refractivity contribution in [3.8, 4) is 0 Å². The quantitative estimate of drug-likeness (QED) is 0.745. The van der Waals surface area contributed by atoms with E-state index in [0.29, 0.717) is 11.5 Å². The summed E-state index contributed by atoms with van der Waals surface area (Å²) in [5, 5.41) is 8.67. The normalized spacial score (nSPS) is 19.2. The molecule has 2 heterocycles. The molecule has 0 N–H and O–H groups in total. The molecule has 3 aromatic rings. The zero-order valence-corrected chi connectivity index (χ0v) is 12.3. The van der Waals surface area contributed by atoms with Crippen molar-refractivity contribution in [2.45, 2.75) is 37.0 Å². The van der Waals surface area contributed by atoms with Crippen LogP contribution in [0.4, 0.5) is 8.78 Å². The van der Waals surface area contributed by atoms with Crippen LogP contribution in [-0.4, -0.2) is 19.6 Å². The van der Waals surface area contributed by atoms with Crippen LogP contribution in [0.25, 0.3) is 5.65 Å².